The molecule has 2 N–H and O–H groups in total. The van der Waals surface area contributed by atoms with E-state index in [4.69, 9.17) is 4.52 Å². The first-order chi connectivity index (χ1) is 8.56. The van der Waals surface area contributed by atoms with E-state index >= 15 is 0 Å². The Morgan fingerprint density at radius 1 is 1.39 bits per heavy atom. The van der Waals surface area contributed by atoms with Crippen molar-refractivity contribution < 1.29 is 9.32 Å². The number of nitrogens with zero attached hydrogens (tertiary/aromatic N) is 2. The van der Waals surface area contributed by atoms with Crippen LogP contribution in [0.5, 0.6) is 0 Å². The van der Waals surface area contributed by atoms with E-state index in [0.29, 0.717) is 18.3 Å². The number of aryl methyl sites for hydroxylation is 1. The third-order valence-electron chi connectivity index (χ3n) is 2.85. The number of amides is 1. The van der Waals surface area contributed by atoms with Gasteiger partial charge in [0.15, 0.2) is 5.82 Å². The van der Waals surface area contributed by atoms with Crippen molar-refractivity contribution in [2.45, 2.75) is 59.2 Å². The topological polar surface area (TPSA) is 80.0 Å². The monoisotopic (exact) mass is 254 g/mol. The lowest BCUT2D eigenvalue weighted by Gasteiger charge is -2.18. The van der Waals surface area contributed by atoms with Crippen LogP contribution < -0.4 is 10.6 Å². The Bertz CT molecular complexity index is 374. The van der Waals surface area contributed by atoms with Gasteiger partial charge in [0.2, 0.25) is 11.8 Å². The zero-order valence-electron chi connectivity index (χ0n) is 11.5. The van der Waals surface area contributed by atoms with Gasteiger partial charge in [0.25, 0.3) is 0 Å². The molecule has 1 aromatic rings. The fourth-order valence-electron chi connectivity index (χ4n) is 1.56. The Hall–Kier alpha value is -1.43. The number of nitrogens with one attached hydrogen (secondary N) is 2. The van der Waals surface area contributed by atoms with E-state index in [-0.39, 0.29) is 18.0 Å². The number of rotatable bonds is 7. The number of hydrogen-bond donors (Lipinski definition) is 2. The molecular formula is C12H22N4O2. The summed E-state index contributed by atoms with van der Waals surface area (Å²) < 4.78 is 4.96. The quantitative estimate of drug-likeness (QED) is 0.763. The minimum Gasteiger partial charge on any atom is -0.352 e. The van der Waals surface area contributed by atoms with E-state index < -0.39 is 0 Å². The largest absolute Gasteiger partial charge is 0.352 e. The van der Waals surface area contributed by atoms with Gasteiger partial charge in [0.1, 0.15) is 0 Å². The molecule has 1 atom stereocenters. The van der Waals surface area contributed by atoms with Crippen LogP contribution >= 0.6 is 0 Å². The molecule has 0 radical (unpaired) electrons. The molecule has 0 aromatic carbocycles. The third kappa shape index (κ3) is 4.44. The maximum absolute atomic E-state index is 11.9. The Kier molecular flexibility index (Phi) is 5.77. The van der Waals surface area contributed by atoms with Crippen LogP contribution in [0.1, 0.15) is 45.3 Å². The van der Waals surface area contributed by atoms with Crippen LogP contribution in [0.2, 0.25) is 0 Å². The summed E-state index contributed by atoms with van der Waals surface area (Å²) in [6.07, 6.45) is 1.88. The van der Waals surface area contributed by atoms with Crippen LogP contribution in [-0.2, 0) is 11.3 Å². The number of carbonyl (C=O) groups is 1. The lowest BCUT2D eigenvalue weighted by Crippen LogP contribution is -2.45. The van der Waals surface area contributed by atoms with Gasteiger partial charge < -0.3 is 9.84 Å². The molecule has 1 amide bonds. The van der Waals surface area contributed by atoms with Gasteiger partial charge in [0.05, 0.1) is 12.6 Å². The van der Waals surface area contributed by atoms with Gasteiger partial charge >= 0.3 is 0 Å². The Labute approximate surface area is 108 Å². The highest BCUT2D eigenvalue weighted by Crippen LogP contribution is 1.99. The van der Waals surface area contributed by atoms with Crippen molar-refractivity contribution in [2.75, 3.05) is 0 Å². The van der Waals surface area contributed by atoms with Gasteiger partial charge in [-0.2, -0.15) is 4.98 Å². The number of aromatic nitrogens is 2. The van der Waals surface area contributed by atoms with Crippen molar-refractivity contribution >= 4 is 5.91 Å². The molecule has 18 heavy (non-hydrogen) atoms. The summed E-state index contributed by atoms with van der Waals surface area (Å²) in [5.41, 5.74) is 0. The van der Waals surface area contributed by atoms with Crippen molar-refractivity contribution in [3.63, 3.8) is 0 Å². The molecule has 0 aliphatic rings. The first-order valence-electron chi connectivity index (χ1n) is 6.39. The van der Waals surface area contributed by atoms with E-state index in [1.807, 2.05) is 6.92 Å². The fraction of sp³-hybridized carbons (Fsp3) is 0.750. The molecular weight excluding hydrogens is 232 g/mol. The lowest BCUT2D eigenvalue weighted by atomic mass is 10.1. The fourth-order valence-corrected chi connectivity index (χ4v) is 1.56. The van der Waals surface area contributed by atoms with Crippen molar-refractivity contribution in [1.29, 1.82) is 0 Å². The molecule has 6 heteroatoms. The molecule has 0 spiro atoms. The van der Waals surface area contributed by atoms with Gasteiger partial charge in [-0.05, 0) is 26.7 Å². The average Bonchev–Trinajstić information content (AvgIpc) is 2.78. The zero-order valence-corrected chi connectivity index (χ0v) is 11.5. The molecule has 0 aliphatic carbocycles. The van der Waals surface area contributed by atoms with E-state index in [9.17, 15) is 4.79 Å². The van der Waals surface area contributed by atoms with E-state index in [2.05, 4.69) is 34.6 Å². The van der Waals surface area contributed by atoms with Crippen LogP contribution in [0.25, 0.3) is 0 Å². The molecule has 0 fully saturated rings. The molecule has 1 heterocycles. The van der Waals surface area contributed by atoms with Crippen molar-refractivity contribution in [3.8, 4) is 0 Å². The van der Waals surface area contributed by atoms with Crippen molar-refractivity contribution in [2.24, 2.45) is 0 Å². The summed E-state index contributed by atoms with van der Waals surface area (Å²) in [5.74, 6) is 1.09. The first-order valence-corrected chi connectivity index (χ1v) is 6.39. The smallest absolute Gasteiger partial charge is 0.240 e. The average molecular weight is 254 g/mol. The lowest BCUT2D eigenvalue weighted by molar-refractivity contribution is -0.123. The van der Waals surface area contributed by atoms with Gasteiger partial charge in [-0.15, -0.1) is 0 Å². The van der Waals surface area contributed by atoms with E-state index in [1.54, 1.807) is 6.92 Å². The molecule has 1 aromatic heterocycles. The summed E-state index contributed by atoms with van der Waals surface area (Å²) in [7, 11) is 0. The zero-order chi connectivity index (χ0) is 13.5. The summed E-state index contributed by atoms with van der Waals surface area (Å²) >= 11 is 0. The Morgan fingerprint density at radius 2 is 2.06 bits per heavy atom. The molecule has 1 unspecified atom stereocenters. The summed E-state index contributed by atoms with van der Waals surface area (Å²) in [6.45, 7) is 8.11. The van der Waals surface area contributed by atoms with E-state index in [1.165, 1.54) is 0 Å². The summed E-state index contributed by atoms with van der Waals surface area (Å²) in [6, 6.07) is -0.0368. The van der Waals surface area contributed by atoms with Crippen LogP contribution in [-0.4, -0.2) is 28.1 Å². The third-order valence-corrected chi connectivity index (χ3v) is 2.85. The first kappa shape index (κ1) is 14.6. The molecule has 0 saturated heterocycles. The van der Waals surface area contributed by atoms with Gasteiger partial charge in [-0.25, -0.2) is 0 Å². The minimum absolute atomic E-state index is 0.0000581. The van der Waals surface area contributed by atoms with Crippen LogP contribution in [0.4, 0.5) is 0 Å². The number of hydrogen-bond acceptors (Lipinski definition) is 5. The molecule has 102 valence electrons. The Balaban J connectivity index is 2.35. The van der Waals surface area contributed by atoms with E-state index in [0.717, 1.165) is 12.8 Å². The van der Waals surface area contributed by atoms with Crippen LogP contribution in [0, 0.1) is 6.92 Å². The molecule has 0 saturated carbocycles. The van der Waals surface area contributed by atoms with Crippen molar-refractivity contribution in [1.82, 2.24) is 20.8 Å². The second-order valence-corrected chi connectivity index (χ2v) is 4.36. The molecule has 1 rings (SSSR count). The highest BCUT2D eigenvalue weighted by atomic mass is 16.5. The SMILES string of the molecule is CCC(CC)NC(=O)C(C)NCc1nc(C)no1. The van der Waals surface area contributed by atoms with Crippen LogP contribution in [0.3, 0.4) is 0 Å². The minimum atomic E-state index is -0.280. The second-order valence-electron chi connectivity index (χ2n) is 4.36. The van der Waals surface area contributed by atoms with Gasteiger partial charge in [-0.1, -0.05) is 19.0 Å². The molecule has 0 bridgehead atoms. The molecule has 6 nitrogen and oxygen atoms in total. The predicted molar refractivity (Wildman–Crippen MR) is 67.8 cm³/mol. The maximum atomic E-state index is 11.9. The summed E-state index contributed by atoms with van der Waals surface area (Å²) in [5, 5.41) is 9.73. The van der Waals surface area contributed by atoms with Gasteiger partial charge in [0, 0.05) is 6.04 Å². The highest BCUT2D eigenvalue weighted by Gasteiger charge is 2.16. The summed E-state index contributed by atoms with van der Waals surface area (Å²) in [4.78, 5) is 15.9. The molecule has 0 aliphatic heterocycles. The standard InChI is InChI=1S/C12H22N4O2/c1-5-10(6-2)15-12(17)8(3)13-7-11-14-9(4)16-18-11/h8,10,13H,5-7H2,1-4H3,(H,15,17). The maximum Gasteiger partial charge on any atom is 0.240 e. The van der Waals surface area contributed by atoms with Crippen molar-refractivity contribution in [3.05, 3.63) is 11.7 Å². The number of carbonyl (C=O) groups excluding carboxylic acids is 1. The predicted octanol–water partition coefficient (Wildman–Crippen LogP) is 1.16. The van der Waals surface area contributed by atoms with Crippen LogP contribution in [0.15, 0.2) is 4.52 Å². The second kappa shape index (κ2) is 7.10. The highest BCUT2D eigenvalue weighted by molar-refractivity contribution is 5.81. The van der Waals surface area contributed by atoms with Gasteiger partial charge in [-0.3, -0.25) is 10.1 Å². The Morgan fingerprint density at radius 3 is 2.56 bits per heavy atom. The normalized spacial score (nSPS) is 12.7.